The van der Waals surface area contributed by atoms with Crippen molar-refractivity contribution in [3.8, 4) is 0 Å². The van der Waals surface area contributed by atoms with Crippen molar-refractivity contribution in [1.29, 1.82) is 0 Å². The topological polar surface area (TPSA) is 55.1 Å². The average Bonchev–Trinajstić information content (AvgIpc) is 2.76. The van der Waals surface area contributed by atoms with Crippen LogP contribution in [0.1, 0.15) is 34.9 Å². The van der Waals surface area contributed by atoms with E-state index < -0.39 is 0 Å². The number of aromatic nitrogens is 1. The maximum atomic E-state index is 12.8. The Kier molecular flexibility index (Phi) is 3.41. The number of aryl methyl sites for hydroxylation is 1. The second kappa shape index (κ2) is 5.00. The number of benzene rings is 1. The highest BCUT2D eigenvalue weighted by molar-refractivity contribution is 5.92. The van der Waals surface area contributed by atoms with E-state index in [9.17, 15) is 9.18 Å². The number of carbonyl (C=O) groups is 1. The normalized spacial score (nSPS) is 12.2. The van der Waals surface area contributed by atoms with Gasteiger partial charge in [-0.3, -0.25) is 4.79 Å². The summed E-state index contributed by atoms with van der Waals surface area (Å²) in [5.74, 6) is -0.178. The standard InChI is InChI=1S/C13H13FN2O2/c1-8(10-3-5-11(14)6-4-10)15-13(17)12-7-18-9(2)16-12/h3-8H,1-2H3,(H,15,17)/t8-/m0/s1. The number of hydrogen-bond acceptors (Lipinski definition) is 3. The summed E-state index contributed by atoms with van der Waals surface area (Å²) in [6, 6.07) is 5.76. The van der Waals surface area contributed by atoms with E-state index in [1.807, 2.05) is 6.92 Å². The highest BCUT2D eigenvalue weighted by Crippen LogP contribution is 2.13. The van der Waals surface area contributed by atoms with Crippen molar-refractivity contribution in [1.82, 2.24) is 10.3 Å². The molecule has 0 aliphatic heterocycles. The lowest BCUT2D eigenvalue weighted by atomic mass is 10.1. The first-order chi connectivity index (χ1) is 8.56. The van der Waals surface area contributed by atoms with E-state index in [2.05, 4.69) is 10.3 Å². The third kappa shape index (κ3) is 2.74. The van der Waals surface area contributed by atoms with Gasteiger partial charge in [0.25, 0.3) is 5.91 Å². The molecule has 1 aromatic carbocycles. The van der Waals surface area contributed by atoms with E-state index in [0.717, 1.165) is 5.56 Å². The Morgan fingerprint density at radius 2 is 2.06 bits per heavy atom. The molecule has 2 aromatic rings. The highest BCUT2D eigenvalue weighted by Gasteiger charge is 2.14. The van der Waals surface area contributed by atoms with Crippen LogP contribution in [-0.4, -0.2) is 10.9 Å². The zero-order valence-electron chi connectivity index (χ0n) is 10.1. The summed E-state index contributed by atoms with van der Waals surface area (Å²) in [5.41, 5.74) is 1.06. The molecule has 1 heterocycles. The van der Waals surface area contributed by atoms with Crippen LogP contribution in [-0.2, 0) is 0 Å². The highest BCUT2D eigenvalue weighted by atomic mass is 19.1. The number of nitrogens with one attached hydrogen (secondary N) is 1. The molecule has 0 bridgehead atoms. The summed E-state index contributed by atoms with van der Waals surface area (Å²) < 4.78 is 17.7. The quantitative estimate of drug-likeness (QED) is 0.908. The fourth-order valence-corrected chi connectivity index (χ4v) is 1.57. The lowest BCUT2D eigenvalue weighted by Gasteiger charge is -2.13. The molecule has 0 spiro atoms. The van der Waals surface area contributed by atoms with E-state index >= 15 is 0 Å². The maximum Gasteiger partial charge on any atom is 0.273 e. The van der Waals surface area contributed by atoms with Gasteiger partial charge in [0.15, 0.2) is 11.6 Å². The maximum absolute atomic E-state index is 12.8. The van der Waals surface area contributed by atoms with Crippen LogP contribution in [0.25, 0.3) is 0 Å². The number of nitrogens with zero attached hydrogens (tertiary/aromatic N) is 1. The van der Waals surface area contributed by atoms with Gasteiger partial charge in [-0.25, -0.2) is 9.37 Å². The van der Waals surface area contributed by atoms with Gasteiger partial charge in [0, 0.05) is 6.92 Å². The van der Waals surface area contributed by atoms with Crippen LogP contribution in [0.4, 0.5) is 4.39 Å². The number of oxazole rings is 1. The second-order valence-corrected chi connectivity index (χ2v) is 4.00. The van der Waals surface area contributed by atoms with Gasteiger partial charge < -0.3 is 9.73 Å². The Labute approximate surface area is 104 Å². The molecule has 0 fully saturated rings. The summed E-state index contributed by atoms with van der Waals surface area (Å²) in [5, 5.41) is 2.76. The third-order valence-corrected chi connectivity index (χ3v) is 2.57. The van der Waals surface area contributed by atoms with Gasteiger partial charge in [-0.05, 0) is 24.6 Å². The molecule has 18 heavy (non-hydrogen) atoms. The molecular formula is C13H13FN2O2. The Morgan fingerprint density at radius 1 is 1.39 bits per heavy atom. The SMILES string of the molecule is Cc1nc(C(=O)N[C@@H](C)c2ccc(F)cc2)co1. The first-order valence-electron chi connectivity index (χ1n) is 5.54. The number of halogens is 1. The molecule has 1 N–H and O–H groups in total. The van der Waals surface area contributed by atoms with Crippen molar-refractivity contribution in [2.24, 2.45) is 0 Å². The number of carbonyl (C=O) groups excluding carboxylic acids is 1. The van der Waals surface area contributed by atoms with E-state index in [0.29, 0.717) is 5.89 Å². The molecule has 2 rings (SSSR count). The summed E-state index contributed by atoms with van der Waals surface area (Å²) in [6.45, 7) is 3.48. The van der Waals surface area contributed by atoms with E-state index in [4.69, 9.17) is 4.42 Å². The van der Waals surface area contributed by atoms with Crippen molar-refractivity contribution in [3.63, 3.8) is 0 Å². The van der Waals surface area contributed by atoms with Gasteiger partial charge in [0.05, 0.1) is 6.04 Å². The van der Waals surface area contributed by atoms with Crippen molar-refractivity contribution in [2.45, 2.75) is 19.9 Å². The largest absolute Gasteiger partial charge is 0.448 e. The summed E-state index contributed by atoms with van der Waals surface area (Å²) in [6.07, 6.45) is 1.31. The van der Waals surface area contributed by atoms with Crippen molar-refractivity contribution in [2.75, 3.05) is 0 Å². The Bertz CT molecular complexity index is 548. The molecule has 0 unspecified atom stereocenters. The zero-order chi connectivity index (χ0) is 13.1. The molecule has 0 aliphatic rings. The fourth-order valence-electron chi connectivity index (χ4n) is 1.57. The van der Waals surface area contributed by atoms with Crippen molar-refractivity contribution >= 4 is 5.91 Å². The number of amides is 1. The van der Waals surface area contributed by atoms with Crippen LogP contribution < -0.4 is 5.32 Å². The Hall–Kier alpha value is -2.17. The van der Waals surface area contributed by atoms with Crippen molar-refractivity contribution in [3.05, 3.63) is 53.5 Å². The molecule has 4 nitrogen and oxygen atoms in total. The van der Waals surface area contributed by atoms with Crippen LogP contribution in [0.15, 0.2) is 34.9 Å². The smallest absolute Gasteiger partial charge is 0.273 e. The van der Waals surface area contributed by atoms with Crippen LogP contribution >= 0.6 is 0 Å². The van der Waals surface area contributed by atoms with E-state index in [1.165, 1.54) is 18.4 Å². The number of hydrogen-bond donors (Lipinski definition) is 1. The van der Waals surface area contributed by atoms with Gasteiger partial charge in [-0.1, -0.05) is 12.1 Å². The second-order valence-electron chi connectivity index (χ2n) is 4.00. The molecule has 5 heteroatoms. The van der Waals surface area contributed by atoms with Crippen LogP contribution in [0, 0.1) is 12.7 Å². The molecule has 0 radical (unpaired) electrons. The predicted molar refractivity (Wildman–Crippen MR) is 63.5 cm³/mol. The Balaban J connectivity index is 2.05. The first-order valence-corrected chi connectivity index (χ1v) is 5.54. The minimum atomic E-state index is -0.316. The van der Waals surface area contributed by atoms with Crippen molar-refractivity contribution < 1.29 is 13.6 Å². The molecule has 1 amide bonds. The fraction of sp³-hybridized carbons (Fsp3) is 0.231. The van der Waals surface area contributed by atoms with Gasteiger partial charge in [0.2, 0.25) is 0 Å². The molecule has 0 saturated heterocycles. The van der Waals surface area contributed by atoms with Gasteiger partial charge in [0.1, 0.15) is 12.1 Å². The predicted octanol–water partition coefficient (Wildman–Crippen LogP) is 2.61. The minimum Gasteiger partial charge on any atom is -0.448 e. The summed E-state index contributed by atoms with van der Waals surface area (Å²) in [4.78, 5) is 15.7. The molecule has 1 atom stereocenters. The monoisotopic (exact) mass is 248 g/mol. The van der Waals surface area contributed by atoms with E-state index in [1.54, 1.807) is 19.1 Å². The van der Waals surface area contributed by atoms with Crippen LogP contribution in [0.3, 0.4) is 0 Å². The summed E-state index contributed by atoms with van der Waals surface area (Å²) in [7, 11) is 0. The van der Waals surface area contributed by atoms with Gasteiger partial charge >= 0.3 is 0 Å². The number of rotatable bonds is 3. The molecule has 0 saturated carbocycles. The molecule has 1 aromatic heterocycles. The molecule has 94 valence electrons. The average molecular weight is 248 g/mol. The summed E-state index contributed by atoms with van der Waals surface area (Å²) >= 11 is 0. The molecular weight excluding hydrogens is 235 g/mol. The molecule has 0 aliphatic carbocycles. The van der Waals surface area contributed by atoms with Gasteiger partial charge in [-0.2, -0.15) is 0 Å². The Morgan fingerprint density at radius 3 is 2.61 bits per heavy atom. The minimum absolute atomic E-state index is 0.227. The van der Waals surface area contributed by atoms with Crippen LogP contribution in [0.5, 0.6) is 0 Å². The third-order valence-electron chi connectivity index (χ3n) is 2.57. The lowest BCUT2D eigenvalue weighted by Crippen LogP contribution is -2.26. The van der Waals surface area contributed by atoms with Crippen LogP contribution in [0.2, 0.25) is 0 Å². The lowest BCUT2D eigenvalue weighted by molar-refractivity contribution is 0.0935. The van der Waals surface area contributed by atoms with Gasteiger partial charge in [-0.15, -0.1) is 0 Å². The first kappa shape index (κ1) is 12.3. The zero-order valence-corrected chi connectivity index (χ0v) is 10.1. The van der Waals surface area contributed by atoms with E-state index in [-0.39, 0.29) is 23.5 Å².